The van der Waals surface area contributed by atoms with Crippen molar-refractivity contribution in [2.24, 2.45) is 0 Å². The van der Waals surface area contributed by atoms with Gasteiger partial charge in [-0.3, -0.25) is 9.69 Å². The number of likely N-dealkylation sites (tertiary alicyclic amines) is 1. The second-order valence-electron chi connectivity index (χ2n) is 6.30. The van der Waals surface area contributed by atoms with Crippen LogP contribution in [0.15, 0.2) is 35.7 Å². The summed E-state index contributed by atoms with van der Waals surface area (Å²) in [6, 6.07) is 6.85. The van der Waals surface area contributed by atoms with E-state index in [2.05, 4.69) is 16.3 Å². The van der Waals surface area contributed by atoms with Gasteiger partial charge >= 0.3 is 6.18 Å². The van der Waals surface area contributed by atoms with Crippen molar-refractivity contribution in [3.05, 3.63) is 56.7 Å². The Morgan fingerprint density at radius 1 is 1.27 bits per heavy atom. The number of carbonyl (C=O) groups excluding carboxylic acids is 1. The van der Waals surface area contributed by atoms with Crippen molar-refractivity contribution >= 4 is 28.8 Å². The quantitative estimate of drug-likeness (QED) is 0.795. The Balaban J connectivity index is 1.57. The Morgan fingerprint density at radius 2 is 2.00 bits per heavy atom. The van der Waals surface area contributed by atoms with E-state index >= 15 is 0 Å². The molecule has 0 spiro atoms. The number of alkyl halides is 3. The van der Waals surface area contributed by atoms with Gasteiger partial charge in [0, 0.05) is 30.6 Å². The van der Waals surface area contributed by atoms with E-state index in [1.54, 1.807) is 11.3 Å². The van der Waals surface area contributed by atoms with Gasteiger partial charge in [-0.15, -0.1) is 11.3 Å². The molecule has 0 unspecified atom stereocenters. The van der Waals surface area contributed by atoms with Crippen molar-refractivity contribution in [2.75, 3.05) is 13.1 Å². The molecule has 0 bridgehead atoms. The lowest BCUT2D eigenvalue weighted by Gasteiger charge is -2.32. The van der Waals surface area contributed by atoms with Gasteiger partial charge in [-0.05, 0) is 42.5 Å². The zero-order valence-corrected chi connectivity index (χ0v) is 15.4. The molecule has 3 rings (SSSR count). The van der Waals surface area contributed by atoms with Gasteiger partial charge in [-0.2, -0.15) is 13.2 Å². The first kappa shape index (κ1) is 19.2. The molecule has 140 valence electrons. The van der Waals surface area contributed by atoms with Gasteiger partial charge in [-0.25, -0.2) is 0 Å². The third-order valence-corrected chi connectivity index (χ3v) is 5.61. The van der Waals surface area contributed by atoms with Crippen LogP contribution in [0, 0.1) is 0 Å². The molecule has 26 heavy (non-hydrogen) atoms. The molecule has 1 fully saturated rings. The third-order valence-electron chi connectivity index (χ3n) is 4.42. The zero-order chi connectivity index (χ0) is 18.7. The van der Waals surface area contributed by atoms with Crippen LogP contribution >= 0.6 is 22.9 Å². The number of nitrogens with zero attached hydrogens (tertiary/aromatic N) is 1. The Kier molecular flexibility index (Phi) is 5.89. The van der Waals surface area contributed by atoms with Crippen molar-refractivity contribution in [1.29, 1.82) is 0 Å². The van der Waals surface area contributed by atoms with Crippen molar-refractivity contribution < 1.29 is 18.0 Å². The highest BCUT2D eigenvalue weighted by molar-refractivity contribution is 7.09. The minimum Gasteiger partial charge on any atom is -0.349 e. The monoisotopic (exact) mass is 402 g/mol. The molecular formula is C18H18ClF3N2OS. The molecule has 3 nitrogen and oxygen atoms in total. The molecule has 1 amide bonds. The van der Waals surface area contributed by atoms with Crippen LogP contribution in [-0.4, -0.2) is 29.9 Å². The van der Waals surface area contributed by atoms with Crippen molar-refractivity contribution in [3.63, 3.8) is 0 Å². The number of carbonyl (C=O) groups is 1. The molecule has 1 saturated heterocycles. The van der Waals surface area contributed by atoms with Gasteiger partial charge in [0.05, 0.1) is 16.1 Å². The van der Waals surface area contributed by atoms with Crippen molar-refractivity contribution in [2.45, 2.75) is 31.6 Å². The van der Waals surface area contributed by atoms with Crippen LogP contribution in [-0.2, 0) is 12.7 Å². The van der Waals surface area contributed by atoms with Crippen LogP contribution < -0.4 is 5.32 Å². The predicted octanol–water partition coefficient (Wildman–Crippen LogP) is 4.81. The van der Waals surface area contributed by atoms with Crippen LogP contribution in [0.2, 0.25) is 5.02 Å². The first-order chi connectivity index (χ1) is 12.3. The van der Waals surface area contributed by atoms with Crippen LogP contribution in [0.3, 0.4) is 0 Å². The molecule has 1 aliphatic rings. The van der Waals surface area contributed by atoms with Gasteiger partial charge in [0.2, 0.25) is 0 Å². The summed E-state index contributed by atoms with van der Waals surface area (Å²) in [5.41, 5.74) is -1.01. The molecule has 0 aliphatic carbocycles. The van der Waals surface area contributed by atoms with E-state index < -0.39 is 17.6 Å². The molecule has 2 heterocycles. The molecule has 1 aromatic carbocycles. The summed E-state index contributed by atoms with van der Waals surface area (Å²) in [7, 11) is 0. The van der Waals surface area contributed by atoms with Gasteiger partial charge in [0.15, 0.2) is 0 Å². The van der Waals surface area contributed by atoms with Crippen LogP contribution in [0.5, 0.6) is 0 Å². The molecule has 1 aromatic heterocycles. The SMILES string of the molecule is O=C(NC1CCN(Cc2cccs2)CC1)c1cc(C(F)(F)F)ccc1Cl. The molecular weight excluding hydrogens is 385 g/mol. The number of piperidine rings is 1. The summed E-state index contributed by atoms with van der Waals surface area (Å²) >= 11 is 7.64. The fourth-order valence-corrected chi connectivity index (χ4v) is 3.95. The molecule has 0 radical (unpaired) electrons. The van der Waals surface area contributed by atoms with Gasteiger partial charge < -0.3 is 5.32 Å². The summed E-state index contributed by atoms with van der Waals surface area (Å²) in [4.78, 5) is 16.0. The second kappa shape index (κ2) is 7.98. The lowest BCUT2D eigenvalue weighted by Crippen LogP contribution is -2.44. The van der Waals surface area contributed by atoms with Gasteiger partial charge in [0.1, 0.15) is 0 Å². The fraction of sp³-hybridized carbons (Fsp3) is 0.389. The van der Waals surface area contributed by atoms with Crippen LogP contribution in [0.25, 0.3) is 0 Å². The van der Waals surface area contributed by atoms with E-state index in [1.807, 2.05) is 11.4 Å². The topological polar surface area (TPSA) is 32.3 Å². The normalized spacial score (nSPS) is 16.6. The van der Waals surface area contributed by atoms with Gasteiger partial charge in [-0.1, -0.05) is 17.7 Å². The average Bonchev–Trinajstić information content (AvgIpc) is 3.09. The fourth-order valence-electron chi connectivity index (χ4n) is 3.00. The molecule has 1 aliphatic heterocycles. The minimum absolute atomic E-state index is 0.0191. The van der Waals surface area contributed by atoms with E-state index in [-0.39, 0.29) is 16.6 Å². The summed E-state index contributed by atoms with van der Waals surface area (Å²) < 4.78 is 38.5. The summed E-state index contributed by atoms with van der Waals surface area (Å²) in [6.45, 7) is 2.55. The molecule has 0 saturated carbocycles. The maximum Gasteiger partial charge on any atom is 0.416 e. The standard InChI is InChI=1S/C18H18ClF3N2OS/c19-16-4-3-12(18(20,21)22)10-15(16)17(25)23-13-5-7-24(8-6-13)11-14-2-1-9-26-14/h1-4,9-10,13H,5-8,11H2,(H,23,25). The number of halogens is 4. The van der Waals surface area contributed by atoms with E-state index in [1.165, 1.54) is 4.88 Å². The number of amides is 1. The van der Waals surface area contributed by atoms with Crippen LogP contribution in [0.1, 0.15) is 33.6 Å². The highest BCUT2D eigenvalue weighted by Crippen LogP contribution is 2.32. The van der Waals surface area contributed by atoms with Gasteiger partial charge in [0.25, 0.3) is 5.91 Å². The molecule has 0 atom stereocenters. The lowest BCUT2D eigenvalue weighted by atomic mass is 10.0. The molecule has 1 N–H and O–H groups in total. The zero-order valence-electron chi connectivity index (χ0n) is 13.9. The number of thiophene rings is 1. The van der Waals surface area contributed by atoms with E-state index in [0.717, 1.165) is 50.7 Å². The lowest BCUT2D eigenvalue weighted by molar-refractivity contribution is -0.137. The van der Waals surface area contributed by atoms with E-state index in [0.29, 0.717) is 0 Å². The Morgan fingerprint density at radius 3 is 2.62 bits per heavy atom. The second-order valence-corrected chi connectivity index (χ2v) is 7.74. The van der Waals surface area contributed by atoms with Crippen LogP contribution in [0.4, 0.5) is 13.2 Å². The molecule has 8 heteroatoms. The number of nitrogens with one attached hydrogen (secondary N) is 1. The highest BCUT2D eigenvalue weighted by atomic mass is 35.5. The summed E-state index contributed by atoms with van der Waals surface area (Å²) in [5.74, 6) is -0.558. The van der Waals surface area contributed by atoms with E-state index in [4.69, 9.17) is 11.6 Å². The van der Waals surface area contributed by atoms with Crippen molar-refractivity contribution in [1.82, 2.24) is 10.2 Å². The first-order valence-electron chi connectivity index (χ1n) is 8.25. The predicted molar refractivity (Wildman–Crippen MR) is 96.5 cm³/mol. The first-order valence-corrected chi connectivity index (χ1v) is 9.51. The average molecular weight is 403 g/mol. The number of benzene rings is 1. The molecule has 2 aromatic rings. The minimum atomic E-state index is -4.51. The summed E-state index contributed by atoms with van der Waals surface area (Å²) in [6.07, 6.45) is -2.99. The maximum atomic E-state index is 12.8. The third kappa shape index (κ3) is 4.78. The Hall–Kier alpha value is -1.57. The Labute approximate surface area is 158 Å². The number of hydrogen-bond donors (Lipinski definition) is 1. The number of rotatable bonds is 4. The maximum absolute atomic E-state index is 12.8. The van der Waals surface area contributed by atoms with E-state index in [9.17, 15) is 18.0 Å². The smallest absolute Gasteiger partial charge is 0.349 e. The highest BCUT2D eigenvalue weighted by Gasteiger charge is 2.32. The largest absolute Gasteiger partial charge is 0.416 e. The summed E-state index contributed by atoms with van der Waals surface area (Å²) in [5, 5.41) is 4.88. The number of hydrogen-bond acceptors (Lipinski definition) is 3. The Bertz CT molecular complexity index is 756. The van der Waals surface area contributed by atoms with Crippen molar-refractivity contribution in [3.8, 4) is 0 Å².